The molecule has 0 radical (unpaired) electrons. The van der Waals surface area contributed by atoms with E-state index in [-0.39, 0.29) is 22.3 Å². The lowest BCUT2D eigenvalue weighted by molar-refractivity contribution is 0.0910. The van der Waals surface area contributed by atoms with Gasteiger partial charge in [0.25, 0.3) is 5.91 Å². The van der Waals surface area contributed by atoms with Crippen LogP contribution in [0.1, 0.15) is 21.7 Å². The number of carbonyl (C=O) groups is 1. The second-order valence-corrected chi connectivity index (χ2v) is 9.04. The van der Waals surface area contributed by atoms with Crippen molar-refractivity contribution in [3.8, 4) is 5.75 Å². The van der Waals surface area contributed by atoms with Gasteiger partial charge in [0.2, 0.25) is 0 Å². The summed E-state index contributed by atoms with van der Waals surface area (Å²) in [7, 11) is -3.57. The Morgan fingerprint density at radius 3 is 2.62 bits per heavy atom. The van der Waals surface area contributed by atoms with Crippen LogP contribution in [0.3, 0.4) is 0 Å². The van der Waals surface area contributed by atoms with Crippen molar-refractivity contribution in [2.45, 2.75) is 17.1 Å². The molecule has 2 heterocycles. The topological polar surface area (TPSA) is 85.6 Å². The molecule has 0 spiro atoms. The van der Waals surface area contributed by atoms with Gasteiger partial charge in [-0.1, -0.05) is 36.4 Å². The third-order valence-corrected chi connectivity index (χ3v) is 6.59. The molecule has 0 bridgehead atoms. The van der Waals surface area contributed by atoms with Crippen LogP contribution in [-0.2, 0) is 22.0 Å². The van der Waals surface area contributed by atoms with E-state index in [4.69, 9.17) is 9.15 Å². The maximum absolute atomic E-state index is 12.6. The van der Waals surface area contributed by atoms with Gasteiger partial charge in [-0.25, -0.2) is 8.42 Å². The number of hydrogen-bond acceptors (Lipinski definition) is 5. The van der Waals surface area contributed by atoms with Gasteiger partial charge in [-0.15, -0.1) is 0 Å². The maximum Gasteiger partial charge on any atom is 0.287 e. The number of fused-ring (bicyclic) bond motifs is 1. The zero-order valence-electron chi connectivity index (χ0n) is 15.7. The Labute approximate surface area is 169 Å². The van der Waals surface area contributed by atoms with Crippen LogP contribution in [0, 0.1) is 5.92 Å². The molecule has 0 aliphatic carbocycles. The van der Waals surface area contributed by atoms with Crippen molar-refractivity contribution < 1.29 is 22.4 Å². The molecule has 2 aromatic carbocycles. The first-order chi connectivity index (χ1) is 14.0. The molecule has 1 amide bonds. The van der Waals surface area contributed by atoms with E-state index < -0.39 is 15.7 Å². The molecule has 29 heavy (non-hydrogen) atoms. The average Bonchev–Trinajstić information content (AvgIpc) is 3.20. The normalized spacial score (nSPS) is 15.9. The van der Waals surface area contributed by atoms with Crippen molar-refractivity contribution in [1.29, 1.82) is 0 Å². The standard InChI is InChI=1S/C22H21NO5S/c24-22(23-13-16-12-17-6-4-5-9-20(17)28-14-16)21-18(10-11-27-21)15-29(25,26)19-7-2-1-3-8-19/h1-11,16H,12-15H2,(H,23,24). The number of rotatable bonds is 6. The van der Waals surface area contributed by atoms with Crippen molar-refractivity contribution >= 4 is 15.7 Å². The quantitative estimate of drug-likeness (QED) is 0.673. The average molecular weight is 411 g/mol. The lowest BCUT2D eigenvalue weighted by Gasteiger charge is -2.25. The number of amides is 1. The second kappa shape index (κ2) is 8.13. The van der Waals surface area contributed by atoms with E-state index in [2.05, 4.69) is 5.32 Å². The highest BCUT2D eigenvalue weighted by Crippen LogP contribution is 2.26. The van der Waals surface area contributed by atoms with E-state index in [0.29, 0.717) is 18.7 Å². The Bertz CT molecular complexity index is 1100. The monoisotopic (exact) mass is 411 g/mol. The molecule has 0 saturated heterocycles. The predicted molar refractivity (Wildman–Crippen MR) is 108 cm³/mol. The van der Waals surface area contributed by atoms with E-state index in [9.17, 15) is 13.2 Å². The number of hydrogen-bond donors (Lipinski definition) is 1. The SMILES string of the molecule is O=C(NCC1COc2ccccc2C1)c1occc1CS(=O)(=O)c1ccccc1. The van der Waals surface area contributed by atoms with E-state index in [1.165, 1.54) is 24.5 Å². The number of para-hydroxylation sites is 1. The van der Waals surface area contributed by atoms with Gasteiger partial charge < -0.3 is 14.5 Å². The van der Waals surface area contributed by atoms with Gasteiger partial charge in [-0.3, -0.25) is 4.79 Å². The molecule has 7 heteroatoms. The van der Waals surface area contributed by atoms with Gasteiger partial charge in [0.1, 0.15) is 5.75 Å². The predicted octanol–water partition coefficient (Wildman–Crippen LogP) is 3.23. The molecular weight excluding hydrogens is 390 g/mol. The number of benzene rings is 2. The number of carbonyl (C=O) groups excluding carboxylic acids is 1. The Kier molecular flexibility index (Phi) is 5.40. The van der Waals surface area contributed by atoms with Crippen molar-refractivity contribution in [3.05, 3.63) is 83.8 Å². The summed E-state index contributed by atoms with van der Waals surface area (Å²) in [4.78, 5) is 12.8. The summed E-state index contributed by atoms with van der Waals surface area (Å²) < 4.78 is 36.3. The number of ether oxygens (including phenoxy) is 1. The summed E-state index contributed by atoms with van der Waals surface area (Å²) >= 11 is 0. The van der Waals surface area contributed by atoms with Crippen LogP contribution in [0.4, 0.5) is 0 Å². The molecule has 1 aromatic heterocycles. The summed E-state index contributed by atoms with van der Waals surface area (Å²) in [5, 5.41) is 2.84. The number of furan rings is 1. The van der Waals surface area contributed by atoms with Gasteiger partial charge in [-0.2, -0.15) is 0 Å². The minimum Gasteiger partial charge on any atom is -0.493 e. The highest BCUT2D eigenvalue weighted by Gasteiger charge is 2.24. The van der Waals surface area contributed by atoms with Crippen LogP contribution < -0.4 is 10.1 Å². The molecule has 1 atom stereocenters. The second-order valence-electron chi connectivity index (χ2n) is 7.05. The van der Waals surface area contributed by atoms with Crippen LogP contribution in [0.2, 0.25) is 0 Å². The fourth-order valence-corrected chi connectivity index (χ4v) is 4.78. The van der Waals surface area contributed by atoms with Gasteiger partial charge in [0, 0.05) is 18.0 Å². The third kappa shape index (κ3) is 4.35. The van der Waals surface area contributed by atoms with Crippen LogP contribution in [0.25, 0.3) is 0 Å². The van der Waals surface area contributed by atoms with Crippen LogP contribution in [-0.4, -0.2) is 27.5 Å². The highest BCUT2D eigenvalue weighted by molar-refractivity contribution is 7.90. The molecule has 4 rings (SSSR count). The zero-order valence-corrected chi connectivity index (χ0v) is 16.5. The largest absolute Gasteiger partial charge is 0.493 e. The minimum absolute atomic E-state index is 0.0293. The van der Waals surface area contributed by atoms with E-state index >= 15 is 0 Å². The first kappa shape index (κ1) is 19.3. The number of nitrogens with one attached hydrogen (secondary N) is 1. The molecule has 150 valence electrons. The maximum atomic E-state index is 12.6. The molecule has 6 nitrogen and oxygen atoms in total. The Morgan fingerprint density at radius 2 is 1.79 bits per heavy atom. The Balaban J connectivity index is 1.40. The molecular formula is C22H21NO5S. The van der Waals surface area contributed by atoms with Crippen LogP contribution in [0.5, 0.6) is 5.75 Å². The summed E-state index contributed by atoms with van der Waals surface area (Å²) in [5.41, 5.74) is 1.46. The van der Waals surface area contributed by atoms with Crippen LogP contribution >= 0.6 is 0 Å². The molecule has 0 fully saturated rings. The molecule has 0 saturated carbocycles. The fourth-order valence-electron chi connectivity index (χ4n) is 3.40. The van der Waals surface area contributed by atoms with E-state index in [1.54, 1.807) is 18.2 Å². The lowest BCUT2D eigenvalue weighted by atomic mass is 9.97. The first-order valence-electron chi connectivity index (χ1n) is 9.36. The molecule has 1 N–H and O–H groups in total. The smallest absolute Gasteiger partial charge is 0.287 e. The van der Waals surface area contributed by atoms with Gasteiger partial charge in [-0.05, 0) is 36.2 Å². The van der Waals surface area contributed by atoms with Gasteiger partial charge in [0.15, 0.2) is 15.6 Å². The van der Waals surface area contributed by atoms with E-state index in [1.807, 2.05) is 24.3 Å². The molecule has 3 aromatic rings. The fraction of sp³-hybridized carbons (Fsp3) is 0.227. The lowest BCUT2D eigenvalue weighted by Crippen LogP contribution is -2.35. The van der Waals surface area contributed by atoms with Crippen molar-refractivity contribution in [3.63, 3.8) is 0 Å². The summed E-state index contributed by atoms with van der Waals surface area (Å²) in [5.74, 6) is 0.333. The zero-order chi connectivity index (χ0) is 20.3. The van der Waals surface area contributed by atoms with E-state index in [0.717, 1.165) is 17.7 Å². The minimum atomic E-state index is -3.57. The molecule has 1 unspecified atom stereocenters. The first-order valence-corrected chi connectivity index (χ1v) is 11.0. The van der Waals surface area contributed by atoms with Crippen LogP contribution in [0.15, 0.2) is 76.2 Å². The van der Waals surface area contributed by atoms with Crippen molar-refractivity contribution in [2.24, 2.45) is 5.92 Å². The molecule has 1 aliphatic rings. The molecule has 1 aliphatic heterocycles. The Hall–Kier alpha value is -3.06. The summed E-state index contributed by atoms with van der Waals surface area (Å²) in [6, 6.07) is 17.5. The summed E-state index contributed by atoms with van der Waals surface area (Å²) in [6.45, 7) is 0.934. The van der Waals surface area contributed by atoms with Crippen molar-refractivity contribution in [1.82, 2.24) is 5.32 Å². The van der Waals surface area contributed by atoms with Gasteiger partial charge >= 0.3 is 0 Å². The Morgan fingerprint density at radius 1 is 1.03 bits per heavy atom. The number of sulfone groups is 1. The highest BCUT2D eigenvalue weighted by atomic mass is 32.2. The third-order valence-electron chi connectivity index (χ3n) is 4.91. The van der Waals surface area contributed by atoms with Gasteiger partial charge in [0.05, 0.1) is 23.5 Å². The summed E-state index contributed by atoms with van der Waals surface area (Å²) in [6.07, 6.45) is 2.15. The van der Waals surface area contributed by atoms with Crippen molar-refractivity contribution in [2.75, 3.05) is 13.2 Å².